The van der Waals surface area contributed by atoms with Crippen LogP contribution in [0.5, 0.6) is 0 Å². The van der Waals surface area contributed by atoms with Gasteiger partial charge in [-0.25, -0.2) is 0 Å². The molecule has 6 heteroatoms. The van der Waals surface area contributed by atoms with Crippen LogP contribution in [0.25, 0.3) is 0 Å². The first-order valence-electron chi connectivity index (χ1n) is 7.80. The summed E-state index contributed by atoms with van der Waals surface area (Å²) >= 11 is 12.2. The van der Waals surface area contributed by atoms with E-state index in [1.54, 1.807) is 12.1 Å². The van der Waals surface area contributed by atoms with E-state index in [-0.39, 0.29) is 17.5 Å². The lowest BCUT2D eigenvalue weighted by molar-refractivity contribution is -0.137. The van der Waals surface area contributed by atoms with E-state index in [2.05, 4.69) is 5.32 Å². The molecule has 0 atom stereocenters. The SMILES string of the molecule is Cc1c(Cl)cc(NC2=CC(=O)N(CCc3ccccc3)C2=O)cc1Cl. The highest BCUT2D eigenvalue weighted by molar-refractivity contribution is 6.36. The van der Waals surface area contributed by atoms with Crippen LogP contribution >= 0.6 is 23.2 Å². The van der Waals surface area contributed by atoms with Gasteiger partial charge in [0.05, 0.1) is 0 Å². The molecule has 2 aromatic carbocycles. The van der Waals surface area contributed by atoms with Gasteiger partial charge in [-0.15, -0.1) is 0 Å². The largest absolute Gasteiger partial charge is 0.351 e. The van der Waals surface area contributed by atoms with Crippen LogP contribution in [0.3, 0.4) is 0 Å². The number of nitrogens with zero attached hydrogens (tertiary/aromatic N) is 1. The molecule has 0 aromatic heterocycles. The third-order valence-corrected chi connectivity index (χ3v) is 4.82. The minimum absolute atomic E-state index is 0.217. The molecule has 0 unspecified atom stereocenters. The van der Waals surface area contributed by atoms with E-state index in [9.17, 15) is 9.59 Å². The molecule has 2 aromatic rings. The van der Waals surface area contributed by atoms with Gasteiger partial charge in [0, 0.05) is 28.4 Å². The van der Waals surface area contributed by atoms with Crippen molar-refractivity contribution >= 4 is 40.7 Å². The molecule has 0 radical (unpaired) electrons. The van der Waals surface area contributed by atoms with Crippen LogP contribution in [0.1, 0.15) is 11.1 Å². The quantitative estimate of drug-likeness (QED) is 0.797. The maximum atomic E-state index is 12.5. The van der Waals surface area contributed by atoms with Crippen molar-refractivity contribution in [1.82, 2.24) is 4.90 Å². The summed E-state index contributed by atoms with van der Waals surface area (Å²) in [4.78, 5) is 25.8. The molecule has 25 heavy (non-hydrogen) atoms. The predicted molar refractivity (Wildman–Crippen MR) is 99.8 cm³/mol. The van der Waals surface area contributed by atoms with E-state index in [1.165, 1.54) is 11.0 Å². The molecule has 1 heterocycles. The Hall–Kier alpha value is -2.30. The number of imide groups is 1. The van der Waals surface area contributed by atoms with Crippen molar-refractivity contribution in [2.24, 2.45) is 0 Å². The number of nitrogens with one attached hydrogen (secondary N) is 1. The standard InChI is InChI=1S/C19H16Cl2N2O2/c1-12-15(20)9-14(10-16(12)21)22-17-11-18(24)23(19(17)25)8-7-13-5-3-2-4-6-13/h2-6,9-11,22H,7-8H2,1H3. The first kappa shape index (κ1) is 17.5. The van der Waals surface area contributed by atoms with Crippen LogP contribution in [0, 0.1) is 6.92 Å². The van der Waals surface area contributed by atoms with Gasteiger partial charge in [-0.05, 0) is 36.6 Å². The zero-order valence-electron chi connectivity index (χ0n) is 13.6. The van der Waals surface area contributed by atoms with Gasteiger partial charge < -0.3 is 5.32 Å². The fourth-order valence-electron chi connectivity index (χ4n) is 2.57. The van der Waals surface area contributed by atoms with Gasteiger partial charge in [0.15, 0.2) is 0 Å². The number of carbonyl (C=O) groups is 2. The summed E-state index contributed by atoms with van der Waals surface area (Å²) < 4.78 is 0. The minimum atomic E-state index is -0.353. The van der Waals surface area contributed by atoms with Gasteiger partial charge in [-0.1, -0.05) is 53.5 Å². The maximum Gasteiger partial charge on any atom is 0.277 e. The second-order valence-corrected chi connectivity index (χ2v) is 6.59. The molecule has 0 bridgehead atoms. The highest BCUT2D eigenvalue weighted by Gasteiger charge is 2.30. The van der Waals surface area contributed by atoms with Crippen LogP contribution in [0.15, 0.2) is 54.2 Å². The summed E-state index contributed by atoms with van der Waals surface area (Å²) in [6.45, 7) is 2.14. The Morgan fingerprint density at radius 3 is 2.32 bits per heavy atom. The van der Waals surface area contributed by atoms with Gasteiger partial charge in [-0.2, -0.15) is 0 Å². The Kier molecular flexibility index (Phi) is 5.11. The molecule has 2 amide bonds. The van der Waals surface area contributed by atoms with Crippen LogP contribution in [-0.4, -0.2) is 23.3 Å². The zero-order chi connectivity index (χ0) is 18.0. The lowest BCUT2D eigenvalue weighted by Crippen LogP contribution is -2.33. The molecule has 1 aliphatic rings. The van der Waals surface area contributed by atoms with E-state index in [0.29, 0.717) is 28.7 Å². The number of hydrogen-bond donors (Lipinski definition) is 1. The third kappa shape index (κ3) is 3.86. The van der Waals surface area contributed by atoms with Gasteiger partial charge >= 0.3 is 0 Å². The lowest BCUT2D eigenvalue weighted by Gasteiger charge is -2.15. The van der Waals surface area contributed by atoms with Crippen molar-refractivity contribution in [3.8, 4) is 0 Å². The molecule has 3 rings (SSSR count). The van der Waals surface area contributed by atoms with Crippen molar-refractivity contribution in [3.05, 3.63) is 75.4 Å². The van der Waals surface area contributed by atoms with Crippen molar-refractivity contribution in [3.63, 3.8) is 0 Å². The summed E-state index contributed by atoms with van der Waals surface area (Å²) in [5.74, 6) is -0.679. The summed E-state index contributed by atoms with van der Waals surface area (Å²) in [5.41, 5.74) is 2.62. The highest BCUT2D eigenvalue weighted by atomic mass is 35.5. The number of rotatable bonds is 5. The summed E-state index contributed by atoms with van der Waals surface area (Å²) in [6.07, 6.45) is 1.91. The average molecular weight is 375 g/mol. The lowest BCUT2D eigenvalue weighted by atomic mass is 10.1. The second kappa shape index (κ2) is 7.30. The first-order chi connectivity index (χ1) is 12.0. The smallest absolute Gasteiger partial charge is 0.277 e. The van der Waals surface area contributed by atoms with Crippen molar-refractivity contribution < 1.29 is 9.59 Å². The molecule has 4 nitrogen and oxygen atoms in total. The Labute approximate surface area is 156 Å². The molecule has 1 N–H and O–H groups in total. The summed E-state index contributed by atoms with van der Waals surface area (Å²) in [6, 6.07) is 13.1. The van der Waals surface area contributed by atoms with Crippen LogP contribution in [0.2, 0.25) is 10.0 Å². The monoisotopic (exact) mass is 374 g/mol. The molecule has 1 aliphatic heterocycles. The number of anilines is 1. The number of carbonyl (C=O) groups excluding carboxylic acids is 2. The Morgan fingerprint density at radius 2 is 1.68 bits per heavy atom. The van der Waals surface area contributed by atoms with E-state index in [0.717, 1.165) is 11.1 Å². The molecule has 128 valence electrons. The number of halogens is 2. The van der Waals surface area contributed by atoms with E-state index in [4.69, 9.17) is 23.2 Å². The Balaban J connectivity index is 1.69. The Bertz CT molecular complexity index is 840. The van der Waals surface area contributed by atoms with Crippen LogP contribution in [0.4, 0.5) is 5.69 Å². The van der Waals surface area contributed by atoms with E-state index >= 15 is 0 Å². The van der Waals surface area contributed by atoms with Crippen LogP contribution in [-0.2, 0) is 16.0 Å². The van der Waals surface area contributed by atoms with Crippen LogP contribution < -0.4 is 5.32 Å². The maximum absolute atomic E-state index is 12.5. The molecule has 0 saturated carbocycles. The molecular weight excluding hydrogens is 359 g/mol. The normalized spacial score (nSPS) is 14.0. The number of benzene rings is 2. The Morgan fingerprint density at radius 1 is 1.04 bits per heavy atom. The van der Waals surface area contributed by atoms with E-state index < -0.39 is 0 Å². The third-order valence-electron chi connectivity index (χ3n) is 4.04. The van der Waals surface area contributed by atoms with Gasteiger partial charge in [-0.3, -0.25) is 14.5 Å². The predicted octanol–water partition coefficient (Wildman–Crippen LogP) is 4.21. The molecule has 0 fully saturated rings. The van der Waals surface area contributed by atoms with Gasteiger partial charge in [0.1, 0.15) is 5.70 Å². The molecule has 0 aliphatic carbocycles. The minimum Gasteiger partial charge on any atom is -0.351 e. The first-order valence-corrected chi connectivity index (χ1v) is 8.55. The van der Waals surface area contributed by atoms with Crippen molar-refractivity contribution in [2.75, 3.05) is 11.9 Å². The topological polar surface area (TPSA) is 49.4 Å². The number of hydrogen-bond acceptors (Lipinski definition) is 3. The van der Waals surface area contributed by atoms with Gasteiger partial charge in [0.25, 0.3) is 11.8 Å². The summed E-state index contributed by atoms with van der Waals surface area (Å²) in [5, 5.41) is 3.93. The fourth-order valence-corrected chi connectivity index (χ4v) is 3.06. The average Bonchev–Trinajstić information content (AvgIpc) is 2.85. The number of amides is 2. The zero-order valence-corrected chi connectivity index (χ0v) is 15.1. The van der Waals surface area contributed by atoms with Gasteiger partial charge in [0.2, 0.25) is 0 Å². The second-order valence-electron chi connectivity index (χ2n) is 5.78. The molecule has 0 spiro atoms. The van der Waals surface area contributed by atoms with E-state index in [1.807, 2.05) is 37.3 Å². The molecular formula is C19H16Cl2N2O2. The fraction of sp³-hybridized carbons (Fsp3) is 0.158. The van der Waals surface area contributed by atoms with Crippen molar-refractivity contribution in [2.45, 2.75) is 13.3 Å². The molecule has 0 saturated heterocycles. The summed E-state index contributed by atoms with van der Waals surface area (Å²) in [7, 11) is 0. The van der Waals surface area contributed by atoms with Crippen molar-refractivity contribution in [1.29, 1.82) is 0 Å². The highest BCUT2D eigenvalue weighted by Crippen LogP contribution is 2.29.